The van der Waals surface area contributed by atoms with Crippen LogP contribution in [0, 0.1) is 0 Å². The first-order valence-corrected chi connectivity index (χ1v) is 10.9. The average Bonchev–Trinajstić information content (AvgIpc) is 3.37. The van der Waals surface area contributed by atoms with Crippen molar-refractivity contribution in [2.24, 2.45) is 0 Å². The summed E-state index contributed by atoms with van der Waals surface area (Å²) < 4.78 is 5.58. The predicted molar refractivity (Wildman–Crippen MR) is 122 cm³/mol. The molecule has 1 aromatic carbocycles. The molecule has 0 unspecified atom stereocenters. The number of methoxy groups -OCH3 is 1. The van der Waals surface area contributed by atoms with E-state index in [1.807, 2.05) is 18.2 Å². The van der Waals surface area contributed by atoms with Gasteiger partial charge >= 0.3 is 0 Å². The van der Waals surface area contributed by atoms with Gasteiger partial charge in [0.15, 0.2) is 22.8 Å². The fourth-order valence-corrected chi connectivity index (χ4v) is 4.10. The number of benzene rings is 1. The number of piperazine rings is 1. The van der Waals surface area contributed by atoms with Gasteiger partial charge in [-0.1, -0.05) is 30.3 Å². The Morgan fingerprint density at radius 2 is 1.71 bits per heavy atom. The molecular formula is C22H28N8O. The van der Waals surface area contributed by atoms with Gasteiger partial charge in [-0.15, -0.1) is 0 Å². The molecule has 0 saturated carbocycles. The lowest BCUT2D eigenvalue weighted by Crippen LogP contribution is -2.44. The molecule has 0 radical (unpaired) electrons. The zero-order valence-electron chi connectivity index (χ0n) is 17.8. The number of hydrogen-bond acceptors (Lipinski definition) is 9. The lowest BCUT2D eigenvalue weighted by Gasteiger charge is -2.28. The average molecular weight is 421 g/mol. The van der Waals surface area contributed by atoms with Crippen LogP contribution in [-0.2, 0) is 6.54 Å². The monoisotopic (exact) mass is 420 g/mol. The predicted octanol–water partition coefficient (Wildman–Crippen LogP) is 2.05. The zero-order chi connectivity index (χ0) is 21.0. The van der Waals surface area contributed by atoms with E-state index in [4.69, 9.17) is 24.7 Å². The van der Waals surface area contributed by atoms with Crippen LogP contribution in [0.4, 0.5) is 17.6 Å². The van der Waals surface area contributed by atoms with E-state index in [0.29, 0.717) is 29.4 Å². The van der Waals surface area contributed by atoms with Gasteiger partial charge in [0.1, 0.15) is 0 Å². The van der Waals surface area contributed by atoms with Crippen molar-refractivity contribution in [3.63, 3.8) is 0 Å². The number of nitrogens with one attached hydrogen (secondary N) is 2. The molecule has 0 aliphatic carbocycles. The van der Waals surface area contributed by atoms with E-state index in [9.17, 15) is 0 Å². The molecule has 0 spiro atoms. The molecule has 2 aliphatic rings. The fourth-order valence-electron chi connectivity index (χ4n) is 4.10. The van der Waals surface area contributed by atoms with E-state index in [0.717, 1.165) is 69.4 Å². The van der Waals surface area contributed by atoms with Crippen molar-refractivity contribution in [2.75, 3.05) is 61.5 Å². The number of hydrogen-bond donors (Lipinski definition) is 2. The first-order chi connectivity index (χ1) is 15.3. The number of nitrogens with zero attached hydrogens (tertiary/aromatic N) is 6. The Balaban J connectivity index is 1.55. The van der Waals surface area contributed by atoms with Crippen LogP contribution in [0.2, 0.25) is 0 Å². The van der Waals surface area contributed by atoms with Crippen LogP contribution in [0.25, 0.3) is 11.2 Å². The van der Waals surface area contributed by atoms with Crippen LogP contribution < -0.4 is 25.2 Å². The molecule has 2 aromatic heterocycles. The van der Waals surface area contributed by atoms with Crippen LogP contribution in [0.1, 0.15) is 18.4 Å². The fraction of sp³-hybridized carbons (Fsp3) is 0.455. The van der Waals surface area contributed by atoms with E-state index < -0.39 is 0 Å². The van der Waals surface area contributed by atoms with Crippen molar-refractivity contribution in [3.05, 3.63) is 35.9 Å². The highest BCUT2D eigenvalue weighted by Crippen LogP contribution is 2.31. The SMILES string of the molecule is COc1nc2c(N3CCCC3)nc(N3CCNCC3)nc2nc1NCc1ccccc1. The summed E-state index contributed by atoms with van der Waals surface area (Å²) in [5, 5.41) is 6.75. The number of aromatic nitrogens is 4. The minimum absolute atomic E-state index is 0.461. The van der Waals surface area contributed by atoms with Crippen LogP contribution in [0.15, 0.2) is 30.3 Å². The van der Waals surface area contributed by atoms with Crippen molar-refractivity contribution in [1.82, 2.24) is 25.3 Å². The van der Waals surface area contributed by atoms with Gasteiger partial charge in [-0.25, -0.2) is 9.97 Å². The van der Waals surface area contributed by atoms with Gasteiger partial charge in [0.25, 0.3) is 5.88 Å². The van der Waals surface area contributed by atoms with E-state index >= 15 is 0 Å². The summed E-state index contributed by atoms with van der Waals surface area (Å²) in [5.41, 5.74) is 2.46. The number of rotatable bonds is 6. The molecule has 5 rings (SSSR count). The maximum absolute atomic E-state index is 5.58. The summed E-state index contributed by atoms with van der Waals surface area (Å²) >= 11 is 0. The van der Waals surface area contributed by atoms with Gasteiger partial charge in [-0.2, -0.15) is 9.97 Å². The lowest BCUT2D eigenvalue weighted by atomic mass is 10.2. The lowest BCUT2D eigenvalue weighted by molar-refractivity contribution is 0.399. The van der Waals surface area contributed by atoms with E-state index in [-0.39, 0.29) is 0 Å². The molecule has 31 heavy (non-hydrogen) atoms. The molecule has 9 nitrogen and oxygen atoms in total. The van der Waals surface area contributed by atoms with E-state index in [1.165, 1.54) is 0 Å². The standard InChI is InChI=1S/C22H28N8O/c1-31-21-19(24-15-16-7-3-2-4-8-16)26-18-17(25-21)20(29-11-5-6-12-29)28-22(27-18)30-13-9-23-10-14-30/h2-4,7-8,23H,5-6,9-15H2,1H3,(H,24,26,27,28). The van der Waals surface area contributed by atoms with Gasteiger partial charge in [0.05, 0.1) is 7.11 Å². The highest BCUT2D eigenvalue weighted by atomic mass is 16.5. The van der Waals surface area contributed by atoms with Crippen molar-refractivity contribution in [2.45, 2.75) is 19.4 Å². The molecule has 0 amide bonds. The Labute approximate surface area is 181 Å². The maximum Gasteiger partial charge on any atom is 0.258 e. The summed E-state index contributed by atoms with van der Waals surface area (Å²) in [6.45, 7) is 6.21. The summed E-state index contributed by atoms with van der Waals surface area (Å²) in [5.74, 6) is 2.64. The molecule has 2 saturated heterocycles. The van der Waals surface area contributed by atoms with Crippen molar-refractivity contribution in [3.8, 4) is 5.88 Å². The zero-order valence-corrected chi connectivity index (χ0v) is 17.8. The Hall–Kier alpha value is -3.20. The van der Waals surface area contributed by atoms with Gasteiger partial charge in [0, 0.05) is 45.8 Å². The maximum atomic E-state index is 5.58. The van der Waals surface area contributed by atoms with Gasteiger partial charge in [-0.05, 0) is 18.4 Å². The first-order valence-electron chi connectivity index (χ1n) is 10.9. The summed E-state index contributed by atoms with van der Waals surface area (Å²) in [4.78, 5) is 23.9. The Kier molecular flexibility index (Phi) is 5.66. The topological polar surface area (TPSA) is 91.3 Å². The third kappa shape index (κ3) is 4.18. The smallest absolute Gasteiger partial charge is 0.258 e. The van der Waals surface area contributed by atoms with Crippen LogP contribution in [0.3, 0.4) is 0 Å². The minimum atomic E-state index is 0.461. The normalized spacial score (nSPS) is 16.7. The van der Waals surface area contributed by atoms with Crippen LogP contribution in [0.5, 0.6) is 5.88 Å². The van der Waals surface area contributed by atoms with Gasteiger partial charge in [0.2, 0.25) is 5.95 Å². The molecule has 2 aliphatic heterocycles. The molecule has 9 heteroatoms. The van der Waals surface area contributed by atoms with Crippen LogP contribution >= 0.6 is 0 Å². The van der Waals surface area contributed by atoms with Crippen molar-refractivity contribution in [1.29, 1.82) is 0 Å². The minimum Gasteiger partial charge on any atom is -0.478 e. The van der Waals surface area contributed by atoms with E-state index in [1.54, 1.807) is 7.11 Å². The molecule has 0 atom stereocenters. The van der Waals surface area contributed by atoms with Crippen molar-refractivity contribution >= 4 is 28.7 Å². The van der Waals surface area contributed by atoms with Crippen molar-refractivity contribution < 1.29 is 4.74 Å². The summed E-state index contributed by atoms with van der Waals surface area (Å²) in [6.07, 6.45) is 2.32. The highest BCUT2D eigenvalue weighted by Gasteiger charge is 2.24. The third-order valence-electron chi connectivity index (χ3n) is 5.77. The molecule has 3 aromatic rings. The molecule has 2 fully saturated rings. The molecular weight excluding hydrogens is 392 g/mol. The highest BCUT2D eigenvalue weighted by molar-refractivity contribution is 5.86. The third-order valence-corrected chi connectivity index (χ3v) is 5.77. The quantitative estimate of drug-likeness (QED) is 0.622. The van der Waals surface area contributed by atoms with Gasteiger partial charge < -0.3 is 25.2 Å². The van der Waals surface area contributed by atoms with Crippen LogP contribution in [-0.4, -0.2) is 66.3 Å². The Morgan fingerprint density at radius 1 is 0.935 bits per heavy atom. The molecule has 4 heterocycles. The Bertz CT molecular complexity index is 1030. The second-order valence-electron chi connectivity index (χ2n) is 7.87. The summed E-state index contributed by atoms with van der Waals surface area (Å²) in [7, 11) is 1.62. The largest absolute Gasteiger partial charge is 0.478 e. The summed E-state index contributed by atoms with van der Waals surface area (Å²) in [6, 6.07) is 10.2. The molecule has 162 valence electrons. The van der Waals surface area contributed by atoms with E-state index in [2.05, 4.69) is 32.6 Å². The number of fused-ring (bicyclic) bond motifs is 1. The second kappa shape index (κ2) is 8.89. The molecule has 2 N–H and O–H groups in total. The molecule has 0 bridgehead atoms. The van der Waals surface area contributed by atoms with Gasteiger partial charge in [-0.3, -0.25) is 0 Å². The first kappa shape index (κ1) is 19.7. The number of anilines is 3. The Morgan fingerprint density at radius 3 is 2.45 bits per heavy atom. The number of ether oxygens (including phenoxy) is 1. The second-order valence-corrected chi connectivity index (χ2v) is 7.87.